The Balaban J connectivity index is 1.43. The van der Waals surface area contributed by atoms with Crippen molar-refractivity contribution >= 4 is 41.7 Å². The third kappa shape index (κ3) is 7.43. The van der Waals surface area contributed by atoms with Crippen molar-refractivity contribution in [2.24, 2.45) is 17.0 Å². The van der Waals surface area contributed by atoms with E-state index in [0.717, 1.165) is 11.4 Å². The molecule has 3 N–H and O–H groups in total. The molecule has 2 saturated heterocycles. The average molecular weight is 634 g/mol. The van der Waals surface area contributed by atoms with E-state index in [4.69, 9.17) is 24.9 Å². The molecule has 4 heterocycles. The number of hydroxylamine groups is 1. The zero-order chi connectivity index (χ0) is 32.6. The number of carbonyl (C=O) groups is 2. The second-order valence-corrected chi connectivity index (χ2v) is 11.0. The van der Waals surface area contributed by atoms with Gasteiger partial charge in [0.05, 0.1) is 38.7 Å². The number of ether oxygens (including phenoxy) is 1. The van der Waals surface area contributed by atoms with Crippen LogP contribution in [0.2, 0.25) is 0 Å². The Morgan fingerprint density at radius 3 is 2.59 bits per heavy atom. The highest BCUT2D eigenvalue weighted by molar-refractivity contribution is 6.11. The Morgan fingerprint density at radius 2 is 1.89 bits per heavy atom. The summed E-state index contributed by atoms with van der Waals surface area (Å²) in [6.45, 7) is 8.77. The van der Waals surface area contributed by atoms with E-state index in [1.807, 2.05) is 46.7 Å². The second kappa shape index (κ2) is 15.1. The monoisotopic (exact) mass is 633 g/mol. The highest BCUT2D eigenvalue weighted by Gasteiger charge is 2.25. The molecule has 2 fully saturated rings. The zero-order valence-electron chi connectivity index (χ0n) is 26.0. The van der Waals surface area contributed by atoms with E-state index in [1.54, 1.807) is 16.4 Å². The Kier molecular flexibility index (Phi) is 10.8. The molecule has 16 nitrogen and oxygen atoms in total. The third-order valence-electron chi connectivity index (χ3n) is 7.89. The Bertz CT molecular complexity index is 1620. The van der Waals surface area contributed by atoms with Crippen LogP contribution in [-0.4, -0.2) is 142 Å². The maximum atomic E-state index is 13.4. The van der Waals surface area contributed by atoms with Gasteiger partial charge in [-0.25, -0.2) is 20.4 Å². The fraction of sp³-hybridized carbons (Fsp3) is 0.433. The van der Waals surface area contributed by atoms with Crippen LogP contribution < -0.4 is 10.4 Å². The fourth-order valence-corrected chi connectivity index (χ4v) is 5.31. The minimum Gasteiger partial charge on any atom is -0.381 e. The molecule has 1 aromatic carbocycles. The lowest BCUT2D eigenvalue weighted by molar-refractivity contribution is -0.124. The summed E-state index contributed by atoms with van der Waals surface area (Å²) >= 11 is 0. The predicted octanol–water partition coefficient (Wildman–Crippen LogP) is 0.125. The molecule has 0 unspecified atom stereocenters. The Morgan fingerprint density at radius 1 is 1.13 bits per heavy atom. The van der Waals surface area contributed by atoms with E-state index in [2.05, 4.69) is 21.6 Å². The molecule has 46 heavy (non-hydrogen) atoms. The summed E-state index contributed by atoms with van der Waals surface area (Å²) < 4.78 is 7.52. The number of amides is 2. The van der Waals surface area contributed by atoms with Gasteiger partial charge < -0.3 is 24.2 Å². The van der Waals surface area contributed by atoms with Crippen molar-refractivity contribution in [1.29, 1.82) is 0 Å². The maximum absolute atomic E-state index is 13.4. The number of hydrogen-bond donors (Lipinski definition) is 3. The third-order valence-corrected chi connectivity index (χ3v) is 7.89. The first-order chi connectivity index (χ1) is 22.3. The number of carbonyl (C=O) groups excluding carboxylic acids is 2. The van der Waals surface area contributed by atoms with Gasteiger partial charge in [0.1, 0.15) is 5.82 Å². The van der Waals surface area contributed by atoms with Gasteiger partial charge in [-0.3, -0.25) is 34.6 Å². The summed E-state index contributed by atoms with van der Waals surface area (Å²) in [5.74, 6) is 1.11. The summed E-state index contributed by atoms with van der Waals surface area (Å²) in [5.41, 5.74) is 4.20. The van der Waals surface area contributed by atoms with Gasteiger partial charge in [-0.2, -0.15) is 0 Å². The number of imidazole rings is 1. The van der Waals surface area contributed by atoms with Gasteiger partial charge in [-0.05, 0) is 25.9 Å². The minimum atomic E-state index is -0.741. The molecule has 2 aliphatic rings. The normalized spacial score (nSPS) is 16.5. The van der Waals surface area contributed by atoms with Gasteiger partial charge >= 0.3 is 0 Å². The number of aliphatic hydroxyl groups is 1. The van der Waals surface area contributed by atoms with E-state index in [9.17, 15) is 14.7 Å². The molecule has 244 valence electrons. The number of rotatable bonds is 11. The highest BCUT2D eigenvalue weighted by atomic mass is 16.5. The van der Waals surface area contributed by atoms with Crippen LogP contribution in [0.5, 0.6) is 0 Å². The summed E-state index contributed by atoms with van der Waals surface area (Å²) in [5, 5.41) is 18.3. The zero-order valence-corrected chi connectivity index (χ0v) is 26.0. The molecule has 0 spiro atoms. The molecule has 0 atom stereocenters. The summed E-state index contributed by atoms with van der Waals surface area (Å²) in [7, 11) is 3.76. The molecule has 5 rings (SSSR count). The molecule has 0 bridgehead atoms. The first-order valence-corrected chi connectivity index (χ1v) is 14.9. The highest BCUT2D eigenvalue weighted by Crippen LogP contribution is 2.29. The predicted molar refractivity (Wildman–Crippen MR) is 172 cm³/mol. The molecule has 3 aromatic rings. The van der Waals surface area contributed by atoms with Gasteiger partial charge in [0.25, 0.3) is 11.8 Å². The van der Waals surface area contributed by atoms with Gasteiger partial charge in [0.15, 0.2) is 22.8 Å². The van der Waals surface area contributed by atoms with Crippen molar-refractivity contribution < 1.29 is 24.6 Å². The van der Waals surface area contributed by atoms with E-state index >= 15 is 0 Å². The Labute approximate surface area is 266 Å². The number of benzene rings is 1. The number of aromatic nitrogens is 4. The number of aliphatic imine (C=N–C) groups is 2. The second-order valence-electron chi connectivity index (χ2n) is 11.0. The van der Waals surface area contributed by atoms with Crippen molar-refractivity contribution in [3.8, 4) is 11.4 Å². The van der Waals surface area contributed by atoms with E-state index < -0.39 is 5.91 Å². The van der Waals surface area contributed by atoms with Crippen LogP contribution >= 0.6 is 0 Å². The largest absolute Gasteiger partial charge is 0.381 e. The van der Waals surface area contributed by atoms with E-state index in [-0.39, 0.29) is 24.9 Å². The number of nitrogens with one attached hydrogen (secondary N) is 1. The number of hydrogen-bond acceptors (Lipinski definition) is 13. The molecule has 0 radical (unpaired) electrons. The lowest BCUT2D eigenvalue weighted by Crippen LogP contribution is -2.48. The van der Waals surface area contributed by atoms with Crippen LogP contribution in [0.3, 0.4) is 0 Å². The number of aliphatic hydroxyl groups excluding tert-OH is 1. The van der Waals surface area contributed by atoms with Crippen LogP contribution in [-0.2, 0) is 23.1 Å². The van der Waals surface area contributed by atoms with Crippen molar-refractivity contribution in [3.63, 3.8) is 0 Å². The van der Waals surface area contributed by atoms with Crippen molar-refractivity contribution in [1.82, 2.24) is 39.7 Å². The number of fused-ring (bicyclic) bond motifs is 1. The minimum absolute atomic E-state index is 0.0132. The number of anilines is 1. The van der Waals surface area contributed by atoms with Gasteiger partial charge in [-0.15, -0.1) is 0 Å². The lowest BCUT2D eigenvalue weighted by atomic mass is 10.1. The van der Waals surface area contributed by atoms with E-state index in [0.29, 0.717) is 87.4 Å². The standard InChI is InChI=1S/C30H39N11O5/c1-31-16-23(29(43)36-45)17-32-19-37(2)18-24-33-25-27(38(24)3)34-26(35-28(25)40-11-13-46-14-12-40)21-5-4-6-22(15-21)30(44)41-9-7-39(20-42)8-10-41/h4-6,15-17,42,45H,1,7-14,18-20H2,2-3H3,(H,36,43)/b23-16+,32-17?. The SMILES string of the molecule is C=N/C=C(\C=NCN(C)Cc1nc2c(N3CCOCC3)nc(-c3cccc(C(=O)N4CCN(CO)CC4)c3)nc2n1C)C(=O)NO. The number of piperazine rings is 1. The van der Waals surface area contributed by atoms with Crippen LogP contribution in [0.15, 0.2) is 46.0 Å². The molecule has 0 saturated carbocycles. The van der Waals surface area contributed by atoms with Gasteiger partial charge in [-0.1, -0.05) is 12.1 Å². The topological polar surface area (TPSA) is 177 Å². The molecule has 2 aliphatic heterocycles. The molecule has 0 aliphatic carbocycles. The smallest absolute Gasteiger partial charge is 0.277 e. The summed E-state index contributed by atoms with van der Waals surface area (Å²) in [6.07, 6.45) is 2.52. The summed E-state index contributed by atoms with van der Waals surface area (Å²) in [4.78, 5) is 55.6. The molecular formula is C30H39N11O5. The number of nitrogens with zero attached hydrogens (tertiary/aromatic N) is 10. The van der Waals surface area contributed by atoms with Crippen molar-refractivity contribution in [2.75, 3.05) is 77.8 Å². The van der Waals surface area contributed by atoms with Crippen LogP contribution in [0.1, 0.15) is 16.2 Å². The average Bonchev–Trinajstić information content (AvgIpc) is 3.41. The van der Waals surface area contributed by atoms with Crippen LogP contribution in [0.25, 0.3) is 22.6 Å². The van der Waals surface area contributed by atoms with Crippen LogP contribution in [0, 0.1) is 0 Å². The van der Waals surface area contributed by atoms with E-state index in [1.165, 1.54) is 12.4 Å². The van der Waals surface area contributed by atoms with Crippen LogP contribution in [0.4, 0.5) is 5.82 Å². The molecule has 2 aromatic heterocycles. The van der Waals surface area contributed by atoms with Gasteiger partial charge in [0.2, 0.25) is 0 Å². The molecule has 16 heteroatoms. The van der Waals surface area contributed by atoms with Crippen molar-refractivity contribution in [2.45, 2.75) is 6.54 Å². The van der Waals surface area contributed by atoms with Gasteiger partial charge in [0, 0.05) is 69.9 Å². The molecular weight excluding hydrogens is 594 g/mol. The lowest BCUT2D eigenvalue weighted by Gasteiger charge is -2.33. The Hall–Kier alpha value is -4.61. The quantitative estimate of drug-likeness (QED) is 0.113. The molecule has 2 amide bonds. The number of morpholine rings is 1. The number of aryl methyl sites for hydroxylation is 1. The van der Waals surface area contributed by atoms with Crippen molar-refractivity contribution in [3.05, 3.63) is 47.4 Å². The first-order valence-electron chi connectivity index (χ1n) is 14.9. The fourth-order valence-electron chi connectivity index (χ4n) is 5.31. The first kappa shape index (κ1) is 32.8. The summed E-state index contributed by atoms with van der Waals surface area (Å²) in [6, 6.07) is 7.37. The maximum Gasteiger partial charge on any atom is 0.277 e.